The smallest absolute Gasteiger partial charge is 0.246 e. The van der Waals surface area contributed by atoms with E-state index in [1.165, 1.54) is 12.1 Å². The molecule has 1 aliphatic heterocycles. The summed E-state index contributed by atoms with van der Waals surface area (Å²) in [6.07, 6.45) is 0. The maximum Gasteiger partial charge on any atom is 0.246 e. The Morgan fingerprint density at radius 3 is 2.48 bits per heavy atom. The summed E-state index contributed by atoms with van der Waals surface area (Å²) in [5.74, 6) is -1.29. The first-order valence-corrected chi connectivity index (χ1v) is 9.66. The lowest BCUT2D eigenvalue weighted by molar-refractivity contribution is 0.426. The van der Waals surface area contributed by atoms with E-state index in [-0.39, 0.29) is 24.6 Å². The highest BCUT2D eigenvalue weighted by Gasteiger charge is 2.32. The molecule has 21 heavy (non-hydrogen) atoms. The fraction of sp³-hybridized carbons (Fsp3) is 0.500. The normalized spacial score (nSPS) is 19.5. The first kappa shape index (κ1) is 16.3. The minimum absolute atomic E-state index is 0.139. The van der Waals surface area contributed by atoms with E-state index in [1.807, 2.05) is 0 Å². The molecule has 1 aromatic carbocycles. The fourth-order valence-corrected chi connectivity index (χ4v) is 5.12. The summed E-state index contributed by atoms with van der Waals surface area (Å²) in [4.78, 5) is -0.408. The lowest BCUT2D eigenvalue weighted by Crippen LogP contribution is -2.43. The summed E-state index contributed by atoms with van der Waals surface area (Å²) in [5.41, 5.74) is 0.641. The third-order valence-electron chi connectivity index (χ3n) is 3.30. The van der Waals surface area contributed by atoms with Gasteiger partial charge < -0.3 is 5.32 Å². The van der Waals surface area contributed by atoms with Gasteiger partial charge in [-0.1, -0.05) is 6.07 Å². The van der Waals surface area contributed by atoms with Crippen molar-refractivity contribution in [3.63, 3.8) is 0 Å². The summed E-state index contributed by atoms with van der Waals surface area (Å²) >= 11 is 0. The van der Waals surface area contributed by atoms with Gasteiger partial charge in [0.25, 0.3) is 0 Å². The molecule has 0 atom stereocenters. The molecule has 9 heteroatoms. The van der Waals surface area contributed by atoms with Crippen molar-refractivity contribution in [2.75, 3.05) is 31.6 Å². The highest BCUT2D eigenvalue weighted by atomic mass is 32.2. The van der Waals surface area contributed by atoms with Crippen LogP contribution in [0.3, 0.4) is 0 Å². The molecule has 1 aromatic rings. The quantitative estimate of drug-likeness (QED) is 0.834. The van der Waals surface area contributed by atoms with Crippen molar-refractivity contribution in [1.82, 2.24) is 9.62 Å². The van der Waals surface area contributed by atoms with E-state index in [0.717, 1.165) is 10.4 Å². The molecule has 0 spiro atoms. The van der Waals surface area contributed by atoms with Crippen LogP contribution in [0, 0.1) is 5.82 Å². The van der Waals surface area contributed by atoms with Gasteiger partial charge in [0.2, 0.25) is 10.0 Å². The Bertz CT molecular complexity index is 718. The Morgan fingerprint density at radius 1 is 1.29 bits per heavy atom. The third-order valence-corrected chi connectivity index (χ3v) is 6.82. The van der Waals surface area contributed by atoms with Gasteiger partial charge in [0.1, 0.15) is 10.7 Å². The Balaban J connectivity index is 2.33. The molecule has 2 rings (SSSR count). The van der Waals surface area contributed by atoms with E-state index in [1.54, 1.807) is 7.05 Å². The number of rotatable bonds is 4. The van der Waals surface area contributed by atoms with Crippen LogP contribution in [0.1, 0.15) is 5.56 Å². The SMILES string of the molecule is CNCc1ccc(F)c(S(=O)(=O)N2CCS(=O)(=O)CC2)c1. The van der Waals surface area contributed by atoms with Gasteiger partial charge in [-0.2, -0.15) is 4.31 Å². The Labute approximate surface area is 123 Å². The van der Waals surface area contributed by atoms with Crippen LogP contribution in [0.15, 0.2) is 23.1 Å². The minimum atomic E-state index is -4.02. The molecule has 1 aliphatic rings. The molecule has 1 heterocycles. The number of hydrogen-bond donors (Lipinski definition) is 1. The number of sulfone groups is 1. The van der Waals surface area contributed by atoms with Crippen LogP contribution in [0.25, 0.3) is 0 Å². The molecular weight excluding hydrogens is 319 g/mol. The molecule has 1 N–H and O–H groups in total. The average molecular weight is 336 g/mol. The van der Waals surface area contributed by atoms with Gasteiger partial charge in [-0.05, 0) is 24.7 Å². The first-order valence-electron chi connectivity index (χ1n) is 6.40. The van der Waals surface area contributed by atoms with E-state index >= 15 is 0 Å². The van der Waals surface area contributed by atoms with E-state index in [9.17, 15) is 21.2 Å². The summed E-state index contributed by atoms with van der Waals surface area (Å²) in [5, 5.41) is 2.86. The number of halogens is 1. The second kappa shape index (κ2) is 5.99. The maximum absolute atomic E-state index is 13.9. The lowest BCUT2D eigenvalue weighted by Gasteiger charge is -2.26. The molecule has 0 saturated carbocycles. The van der Waals surface area contributed by atoms with E-state index < -0.39 is 30.6 Å². The Morgan fingerprint density at radius 2 is 1.90 bits per heavy atom. The van der Waals surface area contributed by atoms with Gasteiger partial charge in [-0.3, -0.25) is 0 Å². The molecule has 118 valence electrons. The minimum Gasteiger partial charge on any atom is -0.316 e. The standard InChI is InChI=1S/C12H17FN2O4S2/c1-14-9-10-2-3-11(13)12(8-10)21(18,19)15-4-6-20(16,17)7-5-15/h2-3,8,14H,4-7,9H2,1H3. The molecule has 0 radical (unpaired) electrons. The van der Waals surface area contributed by atoms with Gasteiger partial charge in [-0.25, -0.2) is 21.2 Å². The predicted octanol–water partition coefficient (Wildman–Crippen LogP) is -0.0358. The van der Waals surface area contributed by atoms with Crippen molar-refractivity contribution in [3.05, 3.63) is 29.6 Å². The second-order valence-electron chi connectivity index (χ2n) is 4.85. The molecule has 1 fully saturated rings. The summed E-state index contributed by atoms with van der Waals surface area (Å²) in [6.45, 7) is 0.137. The van der Waals surface area contributed by atoms with Crippen LogP contribution in [0.4, 0.5) is 4.39 Å². The van der Waals surface area contributed by atoms with Crippen molar-refractivity contribution in [3.8, 4) is 0 Å². The van der Waals surface area contributed by atoms with Crippen LogP contribution in [-0.4, -0.2) is 52.8 Å². The second-order valence-corrected chi connectivity index (χ2v) is 9.06. The van der Waals surface area contributed by atoms with Crippen LogP contribution in [0.5, 0.6) is 0 Å². The lowest BCUT2D eigenvalue weighted by atomic mass is 10.2. The molecular formula is C12H17FN2O4S2. The summed E-state index contributed by atoms with van der Waals surface area (Å²) < 4.78 is 62.5. The summed E-state index contributed by atoms with van der Waals surface area (Å²) in [6, 6.07) is 3.90. The van der Waals surface area contributed by atoms with Crippen molar-refractivity contribution in [2.24, 2.45) is 0 Å². The Kier molecular flexibility index (Phi) is 4.66. The van der Waals surface area contributed by atoms with Crippen molar-refractivity contribution < 1.29 is 21.2 Å². The van der Waals surface area contributed by atoms with Crippen LogP contribution in [0.2, 0.25) is 0 Å². The monoisotopic (exact) mass is 336 g/mol. The van der Waals surface area contributed by atoms with Gasteiger partial charge in [0.15, 0.2) is 9.84 Å². The highest BCUT2D eigenvalue weighted by molar-refractivity contribution is 7.92. The number of sulfonamides is 1. The largest absolute Gasteiger partial charge is 0.316 e. The highest BCUT2D eigenvalue weighted by Crippen LogP contribution is 2.22. The number of nitrogens with one attached hydrogen (secondary N) is 1. The first-order chi connectivity index (χ1) is 9.76. The van der Waals surface area contributed by atoms with Crippen molar-refractivity contribution in [2.45, 2.75) is 11.4 Å². The van der Waals surface area contributed by atoms with Crippen molar-refractivity contribution >= 4 is 19.9 Å². The molecule has 0 unspecified atom stereocenters. The number of benzene rings is 1. The van der Waals surface area contributed by atoms with Gasteiger partial charge in [0.05, 0.1) is 11.5 Å². The molecule has 0 amide bonds. The zero-order valence-corrected chi connectivity index (χ0v) is 13.2. The molecule has 0 aliphatic carbocycles. The third kappa shape index (κ3) is 3.60. The van der Waals surface area contributed by atoms with Gasteiger partial charge in [0, 0.05) is 19.6 Å². The topological polar surface area (TPSA) is 83.6 Å². The van der Waals surface area contributed by atoms with Crippen LogP contribution < -0.4 is 5.32 Å². The molecule has 6 nitrogen and oxygen atoms in total. The summed E-state index contributed by atoms with van der Waals surface area (Å²) in [7, 11) is -5.51. The number of hydrogen-bond acceptors (Lipinski definition) is 5. The van der Waals surface area contributed by atoms with Crippen molar-refractivity contribution in [1.29, 1.82) is 0 Å². The molecule has 0 aromatic heterocycles. The van der Waals surface area contributed by atoms with Crippen LogP contribution >= 0.6 is 0 Å². The van der Waals surface area contributed by atoms with E-state index in [0.29, 0.717) is 12.1 Å². The molecule has 1 saturated heterocycles. The zero-order valence-electron chi connectivity index (χ0n) is 11.5. The van der Waals surface area contributed by atoms with E-state index in [4.69, 9.17) is 0 Å². The van der Waals surface area contributed by atoms with E-state index in [2.05, 4.69) is 5.32 Å². The van der Waals surface area contributed by atoms with Gasteiger partial charge >= 0.3 is 0 Å². The maximum atomic E-state index is 13.9. The number of nitrogens with zero attached hydrogens (tertiary/aromatic N) is 1. The zero-order chi connectivity index (χ0) is 15.7. The molecule has 0 bridgehead atoms. The van der Waals surface area contributed by atoms with Crippen LogP contribution in [-0.2, 0) is 26.4 Å². The predicted molar refractivity (Wildman–Crippen MR) is 76.6 cm³/mol. The average Bonchev–Trinajstić information content (AvgIpc) is 2.40. The Hall–Kier alpha value is -1.03. The fourth-order valence-electron chi connectivity index (χ4n) is 2.13. The van der Waals surface area contributed by atoms with Gasteiger partial charge in [-0.15, -0.1) is 0 Å².